The second-order valence-corrected chi connectivity index (χ2v) is 13.0. The van der Waals surface area contributed by atoms with Crippen LogP contribution in [0.4, 0.5) is 0 Å². The van der Waals surface area contributed by atoms with Crippen LogP contribution in [-0.2, 0) is 46.6 Å². The van der Waals surface area contributed by atoms with Gasteiger partial charge in [-0.15, -0.1) is 0 Å². The van der Waals surface area contributed by atoms with E-state index >= 15 is 0 Å². The predicted molar refractivity (Wildman–Crippen MR) is 114 cm³/mol. The van der Waals surface area contributed by atoms with E-state index in [0.29, 0.717) is 13.0 Å². The first-order chi connectivity index (χ1) is 16.1. The number of fused-ring (bicyclic) bond motifs is 4. The highest BCUT2D eigenvalue weighted by atomic mass is 31.2. The van der Waals surface area contributed by atoms with E-state index in [2.05, 4.69) is 20.8 Å². The Morgan fingerprint density at radius 2 is 1.91 bits per heavy atom. The highest BCUT2D eigenvalue weighted by Gasteiger charge is 3.00. The minimum Gasteiger partial charge on any atom is -0.458 e. The number of epoxide rings is 3. The van der Waals surface area contributed by atoms with Crippen LogP contribution in [0.25, 0.3) is 0 Å². The Morgan fingerprint density at radius 1 is 1.15 bits per heavy atom. The van der Waals surface area contributed by atoms with Gasteiger partial charge in [0, 0.05) is 25.2 Å². The van der Waals surface area contributed by atoms with Gasteiger partial charge in [0.15, 0.2) is 12.4 Å². The molecule has 0 aromatic carbocycles. The molecule has 2 spiro atoms. The first-order valence-corrected chi connectivity index (χ1v) is 13.5. The third-order valence-corrected chi connectivity index (χ3v) is 11.3. The molecule has 0 bridgehead atoms. The van der Waals surface area contributed by atoms with Crippen LogP contribution in [0.5, 0.6) is 0 Å². The summed E-state index contributed by atoms with van der Waals surface area (Å²) < 4.78 is 59.1. The molecule has 3 aliphatic carbocycles. The second kappa shape index (κ2) is 6.53. The predicted octanol–water partition coefficient (Wildman–Crippen LogP) is 2.50. The number of hydrogen-bond donors (Lipinski definition) is 0. The van der Waals surface area contributed by atoms with Crippen LogP contribution in [0.3, 0.4) is 0 Å². The normalized spacial score (nSPS) is 51.6. The summed E-state index contributed by atoms with van der Waals surface area (Å²) in [6, 6.07) is 0. The van der Waals surface area contributed by atoms with Gasteiger partial charge in [-0.1, -0.05) is 20.8 Å². The number of rotatable bonds is 7. The van der Waals surface area contributed by atoms with Gasteiger partial charge in [0.1, 0.15) is 36.1 Å². The standard InChI is InChI=1S/C23H31O10P/c1-11(2)21-16(32-21)17-23(33-17)20(3)7-6-12-13(9-28-18(12)24)14(20)8-15-22(23,31-15)19(21)29-10-30-34(25,26-4)27-5/h11,14-17,19H,6-10H2,1-5H3/t14-,15-,16-,17-,19+,20-,21-,22+,23+/m0/s1. The first-order valence-electron chi connectivity index (χ1n) is 12.1. The number of carbonyl (C=O) groups is 1. The number of hydrogen-bond acceptors (Lipinski definition) is 10. The molecule has 0 radical (unpaired) electrons. The quantitative estimate of drug-likeness (QED) is 0.224. The average molecular weight is 498 g/mol. The van der Waals surface area contributed by atoms with Crippen molar-refractivity contribution in [1.29, 1.82) is 0 Å². The van der Waals surface area contributed by atoms with E-state index in [1.165, 1.54) is 14.2 Å². The summed E-state index contributed by atoms with van der Waals surface area (Å²) in [5, 5.41) is 0. The van der Waals surface area contributed by atoms with E-state index in [0.717, 1.165) is 24.0 Å². The Hall–Kier alpha value is -0.840. The lowest BCUT2D eigenvalue weighted by Gasteiger charge is -2.54. The molecular weight excluding hydrogens is 467 g/mol. The number of phosphoric ester groups is 1. The zero-order valence-electron chi connectivity index (χ0n) is 20.0. The lowest BCUT2D eigenvalue weighted by molar-refractivity contribution is -0.155. The maximum absolute atomic E-state index is 12.4. The van der Waals surface area contributed by atoms with Crippen LogP contribution < -0.4 is 0 Å². The van der Waals surface area contributed by atoms with Crippen LogP contribution in [0.1, 0.15) is 40.0 Å². The van der Waals surface area contributed by atoms with Crippen molar-refractivity contribution in [3.8, 4) is 0 Å². The zero-order chi connectivity index (χ0) is 23.9. The Labute approximate surface area is 198 Å². The van der Waals surface area contributed by atoms with Crippen LogP contribution in [0, 0.1) is 17.3 Å². The molecule has 7 rings (SSSR count). The van der Waals surface area contributed by atoms with E-state index < -0.39 is 30.7 Å². The molecule has 0 N–H and O–H groups in total. The monoisotopic (exact) mass is 498 g/mol. The van der Waals surface area contributed by atoms with Gasteiger partial charge in [0.05, 0.1) is 6.10 Å². The number of ether oxygens (including phenoxy) is 5. The number of carbonyl (C=O) groups excluding carboxylic acids is 1. The molecule has 4 heterocycles. The number of phosphoric acid groups is 1. The summed E-state index contributed by atoms with van der Waals surface area (Å²) in [5.74, 6) is 0.119. The number of cyclic esters (lactones) is 1. The molecule has 7 aliphatic rings. The molecule has 0 unspecified atom stereocenters. The molecule has 11 heteroatoms. The zero-order valence-corrected chi connectivity index (χ0v) is 20.9. The molecule has 34 heavy (non-hydrogen) atoms. The summed E-state index contributed by atoms with van der Waals surface area (Å²) in [6.07, 6.45) is 1.51. The second-order valence-electron chi connectivity index (χ2n) is 11.1. The first kappa shape index (κ1) is 22.4. The lowest BCUT2D eigenvalue weighted by Crippen LogP contribution is -2.69. The van der Waals surface area contributed by atoms with Crippen molar-refractivity contribution < 1.29 is 46.6 Å². The van der Waals surface area contributed by atoms with Crippen molar-refractivity contribution in [2.75, 3.05) is 27.6 Å². The molecular formula is C23H31O10P. The molecule has 5 fully saturated rings. The van der Waals surface area contributed by atoms with Gasteiger partial charge in [0.2, 0.25) is 0 Å². The lowest BCUT2D eigenvalue weighted by atomic mass is 9.46. The van der Waals surface area contributed by atoms with E-state index in [1.54, 1.807) is 0 Å². The molecule has 2 saturated carbocycles. The molecule has 9 atom stereocenters. The van der Waals surface area contributed by atoms with Crippen molar-refractivity contribution in [3.63, 3.8) is 0 Å². The molecule has 4 aliphatic heterocycles. The summed E-state index contributed by atoms with van der Waals surface area (Å²) >= 11 is 0. The average Bonchev–Trinajstić information content (AvgIpc) is 3.72. The van der Waals surface area contributed by atoms with E-state index in [9.17, 15) is 9.36 Å². The smallest absolute Gasteiger partial charge is 0.458 e. The van der Waals surface area contributed by atoms with Gasteiger partial charge in [0.25, 0.3) is 0 Å². The summed E-state index contributed by atoms with van der Waals surface area (Å²) in [5.41, 5.74) is -0.116. The highest BCUT2D eigenvalue weighted by Crippen LogP contribution is 2.83. The molecule has 0 aromatic rings. The van der Waals surface area contributed by atoms with Crippen LogP contribution in [0.2, 0.25) is 0 Å². The summed E-state index contributed by atoms with van der Waals surface area (Å²) in [4.78, 5) is 12.3. The minimum absolute atomic E-state index is 0.0855. The maximum atomic E-state index is 12.4. The van der Waals surface area contributed by atoms with Crippen molar-refractivity contribution >= 4 is 13.8 Å². The Bertz CT molecular complexity index is 1050. The van der Waals surface area contributed by atoms with E-state index in [1.807, 2.05) is 0 Å². The van der Waals surface area contributed by atoms with E-state index in [4.69, 9.17) is 37.3 Å². The molecule has 10 nitrogen and oxygen atoms in total. The van der Waals surface area contributed by atoms with Crippen molar-refractivity contribution in [2.24, 2.45) is 17.3 Å². The third kappa shape index (κ3) is 2.25. The largest absolute Gasteiger partial charge is 0.476 e. The van der Waals surface area contributed by atoms with Gasteiger partial charge in [-0.2, -0.15) is 0 Å². The molecule has 0 aromatic heterocycles. The third-order valence-electron chi connectivity index (χ3n) is 9.96. The van der Waals surface area contributed by atoms with Crippen molar-refractivity contribution in [3.05, 3.63) is 11.1 Å². The fourth-order valence-electron chi connectivity index (χ4n) is 8.26. The van der Waals surface area contributed by atoms with Gasteiger partial charge in [-0.25, -0.2) is 9.36 Å². The Balaban J connectivity index is 1.26. The highest BCUT2D eigenvalue weighted by molar-refractivity contribution is 7.48. The molecule has 3 saturated heterocycles. The van der Waals surface area contributed by atoms with Crippen molar-refractivity contribution in [1.82, 2.24) is 0 Å². The maximum Gasteiger partial charge on any atom is 0.476 e. The molecule has 0 amide bonds. The van der Waals surface area contributed by atoms with Crippen molar-refractivity contribution in [2.45, 2.75) is 81.3 Å². The SMILES string of the molecule is COP(=O)(OC)OCO[C@@H]1[C@@]2(C(C)C)O[C@H]2[C@@H]2O[C@]23[C@]12O[C@H]2C[C@H]1C2=C(CC[C@@]13C)C(=O)OC2. The fraction of sp³-hybridized carbons (Fsp3) is 0.870. The van der Waals surface area contributed by atoms with Gasteiger partial charge in [-0.3, -0.25) is 13.6 Å². The van der Waals surface area contributed by atoms with E-state index in [-0.39, 0.29) is 48.3 Å². The Morgan fingerprint density at radius 3 is 2.62 bits per heavy atom. The van der Waals surface area contributed by atoms with Gasteiger partial charge in [-0.05, 0) is 36.7 Å². The van der Waals surface area contributed by atoms with Gasteiger partial charge < -0.3 is 23.7 Å². The van der Waals surface area contributed by atoms with Crippen LogP contribution >= 0.6 is 7.82 Å². The topological polar surface area (TPSA) is 118 Å². The fourth-order valence-corrected chi connectivity index (χ4v) is 8.81. The summed E-state index contributed by atoms with van der Waals surface area (Å²) in [7, 11) is -1.16. The minimum atomic E-state index is -3.70. The van der Waals surface area contributed by atoms with Gasteiger partial charge >= 0.3 is 13.8 Å². The summed E-state index contributed by atoms with van der Waals surface area (Å²) in [6.45, 7) is 6.57. The number of esters is 1. The molecule has 188 valence electrons. The van der Waals surface area contributed by atoms with Crippen LogP contribution in [0.15, 0.2) is 11.1 Å². The Kier molecular flexibility index (Phi) is 4.29. The van der Waals surface area contributed by atoms with Crippen LogP contribution in [-0.4, -0.2) is 74.8 Å².